The first-order valence-electron chi connectivity index (χ1n) is 9.56. The summed E-state index contributed by atoms with van der Waals surface area (Å²) >= 11 is 0. The molecule has 0 radical (unpaired) electrons. The van der Waals surface area contributed by atoms with E-state index in [1.54, 1.807) is 7.11 Å². The Balaban J connectivity index is 1.50. The van der Waals surface area contributed by atoms with Crippen LogP contribution in [0.4, 0.5) is 0 Å². The van der Waals surface area contributed by atoms with Gasteiger partial charge in [-0.2, -0.15) is 4.98 Å². The number of carbonyl (C=O) groups excluding carboxylic acids is 2. The van der Waals surface area contributed by atoms with Crippen LogP contribution in [0.25, 0.3) is 0 Å². The van der Waals surface area contributed by atoms with E-state index in [1.165, 1.54) is 0 Å². The molecule has 1 aliphatic heterocycles. The Bertz CT molecular complexity index is 612. The lowest BCUT2D eigenvalue weighted by molar-refractivity contribution is -0.142. The molecule has 8 nitrogen and oxygen atoms in total. The zero-order valence-electron chi connectivity index (χ0n) is 15.4. The smallest absolute Gasteiger partial charge is 0.228 e. The maximum Gasteiger partial charge on any atom is 0.228 e. The number of rotatable bonds is 7. The summed E-state index contributed by atoms with van der Waals surface area (Å²) in [5.41, 5.74) is 0. The van der Waals surface area contributed by atoms with Crippen LogP contribution in [0.5, 0.6) is 0 Å². The second kappa shape index (κ2) is 9.12. The second-order valence-corrected chi connectivity index (χ2v) is 7.11. The van der Waals surface area contributed by atoms with Gasteiger partial charge in [0, 0.05) is 45.0 Å². The highest BCUT2D eigenvalue weighted by Crippen LogP contribution is 2.32. The number of methoxy groups -OCH3 is 1. The van der Waals surface area contributed by atoms with E-state index >= 15 is 0 Å². The van der Waals surface area contributed by atoms with Crippen LogP contribution in [0.2, 0.25) is 0 Å². The van der Waals surface area contributed by atoms with Crippen LogP contribution in [0.15, 0.2) is 4.52 Å². The molecule has 144 valence electrons. The molecule has 1 aromatic heterocycles. The number of nitrogens with zero attached hydrogens (tertiary/aromatic N) is 3. The Morgan fingerprint density at radius 2 is 1.92 bits per heavy atom. The fourth-order valence-electron chi connectivity index (χ4n) is 3.92. The number of carbonyl (C=O) groups is 2. The third-order valence-electron chi connectivity index (χ3n) is 5.26. The molecule has 2 heterocycles. The lowest BCUT2D eigenvalue weighted by Gasteiger charge is -2.32. The van der Waals surface area contributed by atoms with Crippen molar-refractivity contribution < 1.29 is 18.8 Å². The molecule has 0 unspecified atom stereocenters. The van der Waals surface area contributed by atoms with Crippen molar-refractivity contribution in [2.45, 2.75) is 51.6 Å². The molecule has 1 aromatic rings. The van der Waals surface area contributed by atoms with Crippen LogP contribution in [0.1, 0.15) is 50.2 Å². The summed E-state index contributed by atoms with van der Waals surface area (Å²) in [6.45, 7) is 2.40. The molecule has 26 heavy (non-hydrogen) atoms. The Labute approximate surface area is 153 Å². The third-order valence-corrected chi connectivity index (χ3v) is 5.26. The minimum absolute atomic E-state index is 0.0288. The summed E-state index contributed by atoms with van der Waals surface area (Å²) in [5.74, 6) is 0.729. The van der Waals surface area contributed by atoms with Crippen molar-refractivity contribution in [3.63, 3.8) is 0 Å². The quantitative estimate of drug-likeness (QED) is 0.783. The zero-order chi connectivity index (χ0) is 18.4. The molecular weight excluding hydrogens is 336 g/mol. The van der Waals surface area contributed by atoms with Crippen molar-refractivity contribution in [2.24, 2.45) is 11.8 Å². The van der Waals surface area contributed by atoms with Gasteiger partial charge in [-0.3, -0.25) is 9.59 Å². The highest BCUT2D eigenvalue weighted by atomic mass is 16.5. The van der Waals surface area contributed by atoms with Gasteiger partial charge in [-0.15, -0.1) is 0 Å². The van der Waals surface area contributed by atoms with Crippen molar-refractivity contribution in [1.82, 2.24) is 20.4 Å². The summed E-state index contributed by atoms with van der Waals surface area (Å²) < 4.78 is 10.1. The molecule has 1 aliphatic carbocycles. The van der Waals surface area contributed by atoms with Gasteiger partial charge >= 0.3 is 0 Å². The first-order valence-corrected chi connectivity index (χ1v) is 9.56. The van der Waals surface area contributed by atoms with E-state index in [0.717, 1.165) is 51.6 Å². The van der Waals surface area contributed by atoms with Gasteiger partial charge in [0.1, 0.15) is 6.61 Å². The molecule has 8 heteroatoms. The summed E-state index contributed by atoms with van der Waals surface area (Å²) in [4.78, 5) is 31.6. The van der Waals surface area contributed by atoms with Gasteiger partial charge in [0.25, 0.3) is 0 Å². The second-order valence-electron chi connectivity index (χ2n) is 7.11. The lowest BCUT2D eigenvalue weighted by atomic mass is 9.78. The van der Waals surface area contributed by atoms with Crippen LogP contribution in [0, 0.1) is 11.8 Å². The molecule has 2 fully saturated rings. The van der Waals surface area contributed by atoms with Crippen molar-refractivity contribution in [1.29, 1.82) is 0 Å². The minimum Gasteiger partial charge on any atom is -0.377 e. The first-order chi connectivity index (χ1) is 12.7. The zero-order valence-corrected chi connectivity index (χ0v) is 15.4. The average Bonchev–Trinajstić information content (AvgIpc) is 3.33. The van der Waals surface area contributed by atoms with E-state index in [9.17, 15) is 9.59 Å². The molecule has 1 saturated carbocycles. The maximum atomic E-state index is 12.8. The Hall–Kier alpha value is -1.96. The number of hydrogen-bond acceptors (Lipinski definition) is 6. The first kappa shape index (κ1) is 18.8. The molecule has 0 bridgehead atoms. The Morgan fingerprint density at radius 3 is 2.65 bits per heavy atom. The summed E-state index contributed by atoms with van der Waals surface area (Å²) in [6.07, 6.45) is 6.26. The monoisotopic (exact) mass is 364 g/mol. The van der Waals surface area contributed by atoms with Crippen molar-refractivity contribution in [3.8, 4) is 0 Å². The van der Waals surface area contributed by atoms with E-state index in [2.05, 4.69) is 15.5 Å². The number of ether oxygens (including phenoxy) is 1. The normalized spacial score (nSPS) is 23.2. The number of likely N-dealkylation sites (tertiary alicyclic amines) is 1. The molecule has 0 spiro atoms. The fourth-order valence-corrected chi connectivity index (χ4v) is 3.92. The largest absolute Gasteiger partial charge is 0.377 e. The van der Waals surface area contributed by atoms with Gasteiger partial charge in [0.2, 0.25) is 17.7 Å². The van der Waals surface area contributed by atoms with E-state index in [0.29, 0.717) is 31.3 Å². The fraction of sp³-hybridized carbons (Fsp3) is 0.778. The van der Waals surface area contributed by atoms with E-state index in [-0.39, 0.29) is 23.7 Å². The molecule has 1 N–H and O–H groups in total. The SMILES string of the molecule is COCc1noc(CCNC(=O)[C@H]2CCCC[C@H]2C(=O)N2CCCC2)n1. The maximum absolute atomic E-state index is 12.8. The number of aromatic nitrogens is 2. The van der Waals surface area contributed by atoms with Gasteiger partial charge in [-0.25, -0.2) is 0 Å². The lowest BCUT2D eigenvalue weighted by Crippen LogP contribution is -2.45. The summed E-state index contributed by atoms with van der Waals surface area (Å²) in [6, 6.07) is 0. The van der Waals surface area contributed by atoms with Gasteiger partial charge in [0.15, 0.2) is 5.82 Å². The average molecular weight is 364 g/mol. The van der Waals surface area contributed by atoms with Crippen LogP contribution >= 0.6 is 0 Å². The molecule has 1 saturated heterocycles. The highest BCUT2D eigenvalue weighted by molar-refractivity contribution is 5.88. The predicted molar refractivity (Wildman–Crippen MR) is 93.0 cm³/mol. The van der Waals surface area contributed by atoms with Gasteiger partial charge in [-0.1, -0.05) is 18.0 Å². The highest BCUT2D eigenvalue weighted by Gasteiger charge is 2.38. The molecule has 0 aromatic carbocycles. The van der Waals surface area contributed by atoms with Gasteiger partial charge in [0.05, 0.1) is 0 Å². The van der Waals surface area contributed by atoms with Crippen molar-refractivity contribution in [2.75, 3.05) is 26.7 Å². The predicted octanol–water partition coefficient (Wildman–Crippen LogP) is 1.30. The van der Waals surface area contributed by atoms with Crippen LogP contribution < -0.4 is 5.32 Å². The minimum atomic E-state index is -0.219. The summed E-state index contributed by atoms with van der Waals surface area (Å²) in [5, 5.41) is 6.75. The molecule has 2 amide bonds. The number of nitrogens with one attached hydrogen (secondary N) is 1. The van der Waals surface area contributed by atoms with Crippen LogP contribution in [-0.4, -0.2) is 53.6 Å². The number of hydrogen-bond donors (Lipinski definition) is 1. The van der Waals surface area contributed by atoms with Crippen molar-refractivity contribution >= 4 is 11.8 Å². The molecular formula is C18H28N4O4. The van der Waals surface area contributed by atoms with Crippen LogP contribution in [0.3, 0.4) is 0 Å². The Kier molecular flexibility index (Phi) is 6.60. The summed E-state index contributed by atoms with van der Waals surface area (Å²) in [7, 11) is 1.57. The third kappa shape index (κ3) is 4.60. The van der Waals surface area contributed by atoms with Crippen molar-refractivity contribution in [3.05, 3.63) is 11.7 Å². The van der Waals surface area contributed by atoms with E-state index < -0.39 is 0 Å². The van der Waals surface area contributed by atoms with Gasteiger partial charge < -0.3 is 19.5 Å². The van der Waals surface area contributed by atoms with Crippen LogP contribution in [-0.2, 0) is 27.4 Å². The van der Waals surface area contributed by atoms with Gasteiger partial charge in [-0.05, 0) is 25.7 Å². The molecule has 2 aliphatic rings. The standard InChI is InChI=1S/C18H28N4O4/c1-25-12-15-20-16(26-21-15)8-9-19-17(23)13-6-2-3-7-14(13)18(24)22-10-4-5-11-22/h13-14H,2-12H2,1H3,(H,19,23)/t13-,14+/m0/s1. The molecule has 2 atom stereocenters. The topological polar surface area (TPSA) is 97.6 Å². The van der Waals surface area contributed by atoms with E-state index in [4.69, 9.17) is 9.26 Å². The van der Waals surface area contributed by atoms with E-state index in [1.807, 2.05) is 4.90 Å². The number of amides is 2. The molecule has 3 rings (SSSR count). The Morgan fingerprint density at radius 1 is 1.19 bits per heavy atom.